The molecule has 2 aromatic heterocycles. The van der Waals surface area contributed by atoms with Crippen LogP contribution in [-0.4, -0.2) is 46.6 Å². The summed E-state index contributed by atoms with van der Waals surface area (Å²) in [5.74, 6) is 0.415. The van der Waals surface area contributed by atoms with Crippen LogP contribution in [0.2, 0.25) is 10.0 Å². The average Bonchev–Trinajstić information content (AvgIpc) is 3.38. The maximum absolute atomic E-state index is 12.9. The van der Waals surface area contributed by atoms with Gasteiger partial charge in [0.2, 0.25) is 5.91 Å². The number of rotatable bonds is 4. The number of carbonyl (C=O) groups excluding carboxylic acids is 1. The number of carbonyl (C=O) groups is 1. The van der Waals surface area contributed by atoms with Crippen molar-refractivity contribution in [2.75, 3.05) is 25.0 Å². The van der Waals surface area contributed by atoms with Crippen LogP contribution in [0.15, 0.2) is 30.3 Å². The highest BCUT2D eigenvalue weighted by atomic mass is 35.5. The maximum Gasteiger partial charge on any atom is 0.239 e. The highest BCUT2D eigenvalue weighted by Gasteiger charge is 2.38. The lowest BCUT2D eigenvalue weighted by Gasteiger charge is -2.38. The van der Waals surface area contributed by atoms with Crippen LogP contribution in [0.5, 0.6) is 0 Å². The summed E-state index contributed by atoms with van der Waals surface area (Å²) < 4.78 is 6.08. The molecule has 0 saturated carbocycles. The topological polar surface area (TPSA) is 70.2 Å². The van der Waals surface area contributed by atoms with Crippen molar-refractivity contribution in [2.24, 2.45) is 0 Å². The van der Waals surface area contributed by atoms with Gasteiger partial charge in [-0.25, -0.2) is 4.98 Å². The van der Waals surface area contributed by atoms with Gasteiger partial charge in [0.05, 0.1) is 29.4 Å². The van der Waals surface area contributed by atoms with Gasteiger partial charge in [-0.3, -0.25) is 9.69 Å². The van der Waals surface area contributed by atoms with Crippen LogP contribution in [0, 0.1) is 6.92 Å². The van der Waals surface area contributed by atoms with Crippen molar-refractivity contribution < 1.29 is 9.53 Å². The molecule has 0 spiro atoms. The Morgan fingerprint density at radius 3 is 2.97 bits per heavy atom. The number of aromatic nitrogens is 2. The standard InChI is InChI=1S/C23H24Cl2N4O2/c1-13-17(25)5-7-20(26-13)28-21(30)12-29-9-8-15-16-11-14(24)4-6-18(16)27-22(15)23(29)19-3-2-10-31-19/h4-7,11,19,23,27H,2-3,8-10,12H2,1H3,(H,26,28,30). The number of aryl methyl sites for hydroxylation is 1. The largest absolute Gasteiger partial charge is 0.376 e. The van der Waals surface area contributed by atoms with E-state index in [1.54, 1.807) is 12.1 Å². The molecule has 1 amide bonds. The highest BCUT2D eigenvalue weighted by molar-refractivity contribution is 6.31. The molecule has 4 heterocycles. The molecule has 6 nitrogen and oxygen atoms in total. The summed E-state index contributed by atoms with van der Waals surface area (Å²) in [4.78, 5) is 23.0. The van der Waals surface area contributed by atoms with Gasteiger partial charge in [-0.05, 0) is 62.1 Å². The molecule has 2 atom stereocenters. The normalized spacial score (nSPS) is 21.4. The van der Waals surface area contributed by atoms with Crippen molar-refractivity contribution >= 4 is 45.8 Å². The summed E-state index contributed by atoms with van der Waals surface area (Å²) in [5.41, 5.74) is 4.19. The Hall–Kier alpha value is -2.12. The summed E-state index contributed by atoms with van der Waals surface area (Å²) in [6.45, 7) is 3.62. The van der Waals surface area contributed by atoms with Gasteiger partial charge in [0.15, 0.2) is 0 Å². The Morgan fingerprint density at radius 1 is 1.32 bits per heavy atom. The first-order valence-electron chi connectivity index (χ1n) is 10.6. The second-order valence-electron chi connectivity index (χ2n) is 8.24. The number of H-pyrrole nitrogens is 1. The molecule has 2 unspecified atom stereocenters. The van der Waals surface area contributed by atoms with Crippen LogP contribution in [0.4, 0.5) is 5.82 Å². The lowest BCUT2D eigenvalue weighted by molar-refractivity contribution is -0.118. The number of ether oxygens (including phenoxy) is 1. The first-order chi connectivity index (χ1) is 15.0. The van der Waals surface area contributed by atoms with Crippen LogP contribution < -0.4 is 5.32 Å². The molecule has 3 aromatic rings. The number of nitrogens with zero attached hydrogens (tertiary/aromatic N) is 2. The Morgan fingerprint density at radius 2 is 2.19 bits per heavy atom. The van der Waals surface area contributed by atoms with Gasteiger partial charge >= 0.3 is 0 Å². The third kappa shape index (κ3) is 4.05. The van der Waals surface area contributed by atoms with Crippen molar-refractivity contribution in [3.63, 3.8) is 0 Å². The second-order valence-corrected chi connectivity index (χ2v) is 9.08. The number of pyridine rings is 1. The van der Waals surface area contributed by atoms with E-state index in [4.69, 9.17) is 27.9 Å². The fourth-order valence-corrected chi connectivity index (χ4v) is 5.05. The molecule has 2 aliphatic heterocycles. The molecule has 1 aromatic carbocycles. The minimum absolute atomic E-state index is 0.00286. The number of fused-ring (bicyclic) bond motifs is 3. The maximum atomic E-state index is 12.9. The van der Waals surface area contributed by atoms with Crippen LogP contribution in [0.25, 0.3) is 10.9 Å². The van der Waals surface area contributed by atoms with Crippen molar-refractivity contribution in [3.8, 4) is 0 Å². The van der Waals surface area contributed by atoms with E-state index < -0.39 is 0 Å². The molecular weight excluding hydrogens is 435 g/mol. The summed E-state index contributed by atoms with van der Waals surface area (Å²) in [6.07, 6.45) is 2.93. The molecule has 0 aliphatic carbocycles. The number of benzene rings is 1. The van der Waals surface area contributed by atoms with Crippen LogP contribution in [0.3, 0.4) is 0 Å². The fraction of sp³-hybridized carbons (Fsp3) is 0.391. The first-order valence-corrected chi connectivity index (χ1v) is 11.3. The van der Waals surface area contributed by atoms with Crippen molar-refractivity contribution in [1.29, 1.82) is 0 Å². The SMILES string of the molecule is Cc1nc(NC(=O)CN2CCc3c([nH]c4ccc(Cl)cc34)C2C2CCCO2)ccc1Cl. The van der Waals surface area contributed by atoms with E-state index in [1.807, 2.05) is 25.1 Å². The van der Waals surface area contributed by atoms with Gasteiger partial charge in [-0.1, -0.05) is 23.2 Å². The Balaban J connectivity index is 1.42. The lowest BCUT2D eigenvalue weighted by Crippen LogP contribution is -2.45. The number of nitrogens with one attached hydrogen (secondary N) is 2. The van der Waals surface area contributed by atoms with Gasteiger partial charge in [0.1, 0.15) is 5.82 Å². The van der Waals surface area contributed by atoms with Crippen molar-refractivity contribution in [3.05, 3.63) is 57.3 Å². The predicted molar refractivity (Wildman–Crippen MR) is 123 cm³/mol. The van der Waals surface area contributed by atoms with E-state index >= 15 is 0 Å². The molecule has 8 heteroatoms. The predicted octanol–water partition coefficient (Wildman–Crippen LogP) is 4.90. The monoisotopic (exact) mass is 458 g/mol. The van der Waals surface area contributed by atoms with E-state index in [1.165, 1.54) is 5.56 Å². The summed E-state index contributed by atoms with van der Waals surface area (Å²) in [6, 6.07) is 9.42. The van der Waals surface area contributed by atoms with Gasteiger partial charge < -0.3 is 15.0 Å². The fourth-order valence-electron chi connectivity index (χ4n) is 4.77. The molecule has 1 fully saturated rings. The van der Waals surface area contributed by atoms with Crippen molar-refractivity contribution in [1.82, 2.24) is 14.9 Å². The van der Waals surface area contributed by atoms with Crippen LogP contribution in [0.1, 0.15) is 35.8 Å². The van der Waals surface area contributed by atoms with Crippen LogP contribution >= 0.6 is 23.2 Å². The van der Waals surface area contributed by atoms with Gasteiger partial charge in [-0.2, -0.15) is 0 Å². The molecule has 1 saturated heterocycles. The molecule has 0 bridgehead atoms. The second kappa shape index (κ2) is 8.43. The van der Waals surface area contributed by atoms with Crippen LogP contribution in [-0.2, 0) is 16.0 Å². The highest BCUT2D eigenvalue weighted by Crippen LogP contribution is 2.40. The zero-order valence-electron chi connectivity index (χ0n) is 17.3. The number of halogens is 2. The quantitative estimate of drug-likeness (QED) is 0.583. The molecular formula is C23H24Cl2N4O2. The van der Waals surface area contributed by atoms with Gasteiger partial charge in [0.25, 0.3) is 0 Å². The molecule has 0 radical (unpaired) electrons. The minimum Gasteiger partial charge on any atom is -0.376 e. The lowest BCUT2D eigenvalue weighted by atomic mass is 9.92. The van der Waals surface area contributed by atoms with E-state index in [2.05, 4.69) is 20.2 Å². The van der Waals surface area contributed by atoms with Gasteiger partial charge in [0, 0.05) is 34.8 Å². The number of amides is 1. The third-order valence-corrected chi connectivity index (χ3v) is 6.83. The Bertz CT molecular complexity index is 1140. The molecule has 2 aliphatic rings. The number of hydrogen-bond acceptors (Lipinski definition) is 4. The molecule has 2 N–H and O–H groups in total. The minimum atomic E-state index is -0.0974. The summed E-state index contributed by atoms with van der Waals surface area (Å²) in [5, 5.41) is 5.38. The van der Waals surface area contributed by atoms with E-state index in [0.717, 1.165) is 54.0 Å². The summed E-state index contributed by atoms with van der Waals surface area (Å²) in [7, 11) is 0. The number of hydrogen-bond donors (Lipinski definition) is 2. The number of anilines is 1. The third-order valence-electron chi connectivity index (χ3n) is 6.19. The Kier molecular flexibility index (Phi) is 5.65. The number of aromatic amines is 1. The average molecular weight is 459 g/mol. The van der Waals surface area contributed by atoms with Gasteiger partial charge in [-0.15, -0.1) is 0 Å². The first kappa shape index (κ1) is 20.8. The van der Waals surface area contributed by atoms with E-state index in [0.29, 0.717) is 16.5 Å². The van der Waals surface area contributed by atoms with E-state index in [9.17, 15) is 4.79 Å². The van der Waals surface area contributed by atoms with Crippen molar-refractivity contribution in [2.45, 2.75) is 38.3 Å². The summed E-state index contributed by atoms with van der Waals surface area (Å²) >= 11 is 12.3. The Labute approximate surface area is 190 Å². The zero-order valence-corrected chi connectivity index (χ0v) is 18.8. The molecule has 162 valence electrons. The molecule has 31 heavy (non-hydrogen) atoms. The van der Waals surface area contributed by atoms with E-state index in [-0.39, 0.29) is 24.6 Å². The smallest absolute Gasteiger partial charge is 0.239 e. The molecule has 5 rings (SSSR count). The zero-order chi connectivity index (χ0) is 21.5.